The van der Waals surface area contributed by atoms with Gasteiger partial charge in [0.15, 0.2) is 0 Å². The molecule has 0 atom stereocenters. The van der Waals surface area contributed by atoms with E-state index in [-0.39, 0.29) is 11.6 Å². The Bertz CT molecular complexity index is 905. The van der Waals surface area contributed by atoms with Gasteiger partial charge in [0.25, 0.3) is 5.69 Å². The maximum atomic E-state index is 12.6. The molecule has 1 aromatic rings. The maximum Gasteiger partial charge on any atom is 0.413 e. The van der Waals surface area contributed by atoms with Crippen LogP contribution in [-0.4, -0.2) is 53.0 Å². The van der Waals surface area contributed by atoms with Gasteiger partial charge in [0, 0.05) is 31.6 Å². The third kappa shape index (κ3) is 2.96. The summed E-state index contributed by atoms with van der Waals surface area (Å²) in [5.41, 5.74) is 0.661. The number of likely N-dealkylation sites (tertiary alicyclic amines) is 1. The molecule has 150 valence electrons. The summed E-state index contributed by atoms with van der Waals surface area (Å²) >= 11 is 0. The van der Waals surface area contributed by atoms with Crippen LogP contribution < -0.4 is 4.74 Å². The molecule has 0 aromatic heterocycles. The molecule has 0 unspecified atom stereocenters. The minimum absolute atomic E-state index is 0.0775. The van der Waals surface area contributed by atoms with Crippen LogP contribution in [0.25, 0.3) is 5.70 Å². The Kier molecular flexibility index (Phi) is 4.78. The summed E-state index contributed by atoms with van der Waals surface area (Å²) in [5.74, 6) is 0.338. The zero-order valence-electron chi connectivity index (χ0n) is 16.6. The summed E-state index contributed by atoms with van der Waals surface area (Å²) in [6.07, 6.45) is 0.424. The molecule has 3 rings (SSSR count). The maximum absolute atomic E-state index is 12.6. The lowest BCUT2D eigenvalue weighted by atomic mass is 9.90. The van der Waals surface area contributed by atoms with Gasteiger partial charge in [-0.2, -0.15) is 0 Å². The molecule has 2 heterocycles. The summed E-state index contributed by atoms with van der Waals surface area (Å²) in [4.78, 5) is 38.8. The molecule has 1 saturated heterocycles. The van der Waals surface area contributed by atoms with E-state index in [9.17, 15) is 19.7 Å². The number of amides is 2. The number of hydrogen-bond acceptors (Lipinski definition) is 6. The van der Waals surface area contributed by atoms with Gasteiger partial charge in [0.2, 0.25) is 5.91 Å². The third-order valence-corrected chi connectivity index (χ3v) is 5.12. The minimum atomic E-state index is -0.975. The number of nitrogens with zero attached hydrogens (tertiary/aromatic N) is 3. The van der Waals surface area contributed by atoms with Gasteiger partial charge in [-0.1, -0.05) is 0 Å². The second-order valence-corrected chi connectivity index (χ2v) is 7.33. The normalized spacial score (nSPS) is 17.9. The van der Waals surface area contributed by atoms with Crippen molar-refractivity contribution in [1.82, 2.24) is 9.80 Å². The Morgan fingerprint density at radius 1 is 1.39 bits per heavy atom. The summed E-state index contributed by atoms with van der Waals surface area (Å²) in [7, 11) is 2.80. The highest BCUT2D eigenvalue weighted by molar-refractivity contribution is 5.93. The van der Waals surface area contributed by atoms with Crippen LogP contribution in [0, 0.1) is 17.0 Å². The summed E-state index contributed by atoms with van der Waals surface area (Å²) in [6.45, 7) is 5.64. The van der Waals surface area contributed by atoms with Gasteiger partial charge in [-0.25, -0.2) is 4.79 Å². The van der Waals surface area contributed by atoms with Crippen molar-refractivity contribution in [2.45, 2.75) is 39.2 Å². The average molecular weight is 389 g/mol. The van der Waals surface area contributed by atoms with Crippen LogP contribution in [0.15, 0.2) is 17.8 Å². The Hall–Kier alpha value is -3.10. The van der Waals surface area contributed by atoms with Gasteiger partial charge in [-0.15, -0.1) is 0 Å². The molecule has 0 aliphatic carbocycles. The number of fused-ring (bicyclic) bond motifs is 1. The number of nitro benzene ring substituents is 1. The molecule has 9 heteroatoms. The molecular formula is C19H23N3O6. The number of likely N-dealkylation sites (N-methyl/N-ethyl adjacent to an activating group) is 1. The highest BCUT2D eigenvalue weighted by Gasteiger charge is 2.44. The predicted octanol–water partition coefficient (Wildman–Crippen LogP) is 3.06. The highest BCUT2D eigenvalue weighted by Crippen LogP contribution is 2.47. The molecular weight excluding hydrogens is 366 g/mol. The molecule has 0 spiro atoms. The standard InChI is InChI=1S/C19H23N3O6/c1-11-12(22(25)26)8-9-13-15(11)16(21-10-6-7-14(21)23)17(19(2,3)28-13)20(4)18(24)27-5/h8-9H,6-7,10H2,1-5H3. The van der Waals surface area contributed by atoms with E-state index in [2.05, 4.69) is 0 Å². The largest absolute Gasteiger partial charge is 0.481 e. The third-order valence-electron chi connectivity index (χ3n) is 5.12. The van der Waals surface area contributed by atoms with Crippen molar-refractivity contribution in [1.29, 1.82) is 0 Å². The first-order valence-electron chi connectivity index (χ1n) is 8.94. The van der Waals surface area contributed by atoms with Crippen LogP contribution in [0.4, 0.5) is 10.5 Å². The molecule has 1 aromatic carbocycles. The van der Waals surface area contributed by atoms with Crippen molar-refractivity contribution in [3.05, 3.63) is 39.1 Å². The van der Waals surface area contributed by atoms with Crippen LogP contribution >= 0.6 is 0 Å². The zero-order valence-corrected chi connectivity index (χ0v) is 16.6. The number of carbonyl (C=O) groups excluding carboxylic acids is 2. The second kappa shape index (κ2) is 6.81. The fraction of sp³-hybridized carbons (Fsp3) is 0.474. The molecule has 28 heavy (non-hydrogen) atoms. The number of ether oxygens (including phenoxy) is 2. The average Bonchev–Trinajstić information content (AvgIpc) is 3.04. The van der Waals surface area contributed by atoms with Gasteiger partial charge in [-0.3, -0.25) is 19.8 Å². The predicted molar refractivity (Wildman–Crippen MR) is 101 cm³/mol. The van der Waals surface area contributed by atoms with Crippen LogP contribution in [-0.2, 0) is 9.53 Å². The number of nitro groups is 1. The highest BCUT2D eigenvalue weighted by atomic mass is 16.6. The lowest BCUT2D eigenvalue weighted by molar-refractivity contribution is -0.385. The molecule has 9 nitrogen and oxygen atoms in total. The van der Waals surface area contributed by atoms with Crippen LogP contribution in [0.2, 0.25) is 0 Å². The van der Waals surface area contributed by atoms with Crippen molar-refractivity contribution >= 4 is 23.4 Å². The smallest absolute Gasteiger partial charge is 0.413 e. The van der Waals surface area contributed by atoms with Gasteiger partial charge >= 0.3 is 6.09 Å². The summed E-state index contributed by atoms with van der Waals surface area (Å²) in [6, 6.07) is 2.93. The van der Waals surface area contributed by atoms with E-state index in [1.54, 1.807) is 25.7 Å². The first-order valence-corrected chi connectivity index (χ1v) is 8.94. The van der Waals surface area contributed by atoms with E-state index in [0.717, 1.165) is 0 Å². The Morgan fingerprint density at radius 3 is 2.61 bits per heavy atom. The van der Waals surface area contributed by atoms with Crippen molar-refractivity contribution in [3.8, 4) is 5.75 Å². The first kappa shape index (κ1) is 19.7. The van der Waals surface area contributed by atoms with Gasteiger partial charge in [0.1, 0.15) is 11.4 Å². The number of rotatable bonds is 3. The molecule has 0 N–H and O–H groups in total. The van der Waals surface area contributed by atoms with E-state index in [1.807, 2.05) is 0 Å². The van der Waals surface area contributed by atoms with E-state index in [4.69, 9.17) is 9.47 Å². The van der Waals surface area contributed by atoms with Crippen molar-refractivity contribution in [2.75, 3.05) is 20.7 Å². The van der Waals surface area contributed by atoms with Crippen LogP contribution in [0.5, 0.6) is 5.75 Å². The van der Waals surface area contributed by atoms with Gasteiger partial charge in [-0.05, 0) is 33.3 Å². The fourth-order valence-corrected chi connectivity index (χ4v) is 3.92. The Labute approximate surface area is 162 Å². The minimum Gasteiger partial charge on any atom is -0.481 e. The van der Waals surface area contributed by atoms with E-state index < -0.39 is 16.6 Å². The Morgan fingerprint density at radius 2 is 2.07 bits per heavy atom. The molecule has 0 radical (unpaired) electrons. The monoisotopic (exact) mass is 389 g/mol. The van der Waals surface area contributed by atoms with Crippen molar-refractivity contribution in [2.24, 2.45) is 0 Å². The molecule has 2 aliphatic heterocycles. The van der Waals surface area contributed by atoms with E-state index in [0.29, 0.717) is 47.7 Å². The topological polar surface area (TPSA) is 102 Å². The zero-order chi connectivity index (χ0) is 20.8. The number of hydrogen-bond donors (Lipinski definition) is 0. The van der Waals surface area contributed by atoms with Crippen LogP contribution in [0.3, 0.4) is 0 Å². The quantitative estimate of drug-likeness (QED) is 0.581. The van der Waals surface area contributed by atoms with Gasteiger partial charge < -0.3 is 14.4 Å². The second-order valence-electron chi connectivity index (χ2n) is 7.33. The summed E-state index contributed by atoms with van der Waals surface area (Å²) < 4.78 is 11.0. The molecule has 2 amide bonds. The molecule has 2 aliphatic rings. The lowest BCUT2D eigenvalue weighted by Crippen LogP contribution is -2.46. The SMILES string of the molecule is COC(=O)N(C)C1=C(N2CCCC2=O)c2c(ccc([N+](=O)[O-])c2C)OC1(C)C. The number of benzene rings is 1. The summed E-state index contributed by atoms with van der Waals surface area (Å²) in [5, 5.41) is 11.5. The lowest BCUT2D eigenvalue weighted by Gasteiger charge is -2.42. The molecule has 0 saturated carbocycles. The van der Waals surface area contributed by atoms with Crippen molar-refractivity contribution in [3.63, 3.8) is 0 Å². The first-order chi connectivity index (χ1) is 13.1. The van der Waals surface area contributed by atoms with E-state index >= 15 is 0 Å². The fourth-order valence-electron chi connectivity index (χ4n) is 3.92. The molecule has 1 fully saturated rings. The number of carbonyl (C=O) groups is 2. The Balaban J connectivity index is 2.38. The van der Waals surface area contributed by atoms with E-state index in [1.165, 1.54) is 31.2 Å². The number of methoxy groups -OCH3 is 1. The molecule has 0 bridgehead atoms. The van der Waals surface area contributed by atoms with Crippen molar-refractivity contribution < 1.29 is 24.0 Å². The van der Waals surface area contributed by atoms with Crippen LogP contribution in [0.1, 0.15) is 37.8 Å². The van der Waals surface area contributed by atoms with Gasteiger partial charge in [0.05, 0.1) is 29.0 Å².